The molecule has 4 rings (SSSR count). The van der Waals surface area contributed by atoms with E-state index in [1.54, 1.807) is 6.92 Å². The van der Waals surface area contributed by atoms with Crippen molar-refractivity contribution in [2.24, 2.45) is 0 Å². The zero-order valence-electron chi connectivity index (χ0n) is 16.2. The van der Waals surface area contributed by atoms with E-state index in [0.717, 1.165) is 25.1 Å². The number of hydrogen-bond donors (Lipinski definition) is 1. The lowest BCUT2D eigenvalue weighted by molar-refractivity contribution is -0.117. The third-order valence-electron chi connectivity index (χ3n) is 5.01. The smallest absolute Gasteiger partial charge is 0.275 e. The molecule has 0 aliphatic carbocycles. The minimum atomic E-state index is -0.304. The number of rotatable bonds is 4. The van der Waals surface area contributed by atoms with E-state index in [9.17, 15) is 9.59 Å². The Morgan fingerprint density at radius 1 is 1.29 bits per heavy atom. The van der Waals surface area contributed by atoms with Gasteiger partial charge in [-0.05, 0) is 43.4 Å². The summed E-state index contributed by atoms with van der Waals surface area (Å²) in [5.74, 6) is 0.403. The SMILES string of the molecule is Cc1cc(=O)n2nc(N3CCC[C@H]3C(=O)Nc3ccc(C(C)C)cc3)sc2n1. The quantitative estimate of drug-likeness (QED) is 0.731. The Hall–Kier alpha value is -2.74. The van der Waals surface area contributed by atoms with Crippen molar-refractivity contribution in [1.82, 2.24) is 14.6 Å². The molecule has 8 heteroatoms. The highest BCUT2D eigenvalue weighted by Gasteiger charge is 2.33. The number of benzene rings is 1. The Morgan fingerprint density at radius 3 is 2.75 bits per heavy atom. The van der Waals surface area contributed by atoms with E-state index in [4.69, 9.17) is 0 Å². The lowest BCUT2D eigenvalue weighted by Gasteiger charge is -2.22. The van der Waals surface area contributed by atoms with Crippen LogP contribution in [0, 0.1) is 6.92 Å². The summed E-state index contributed by atoms with van der Waals surface area (Å²) in [6.45, 7) is 6.81. The Morgan fingerprint density at radius 2 is 2.04 bits per heavy atom. The average Bonchev–Trinajstić information content (AvgIpc) is 3.28. The van der Waals surface area contributed by atoms with Crippen molar-refractivity contribution in [3.05, 3.63) is 51.9 Å². The highest BCUT2D eigenvalue weighted by molar-refractivity contribution is 7.20. The molecule has 1 saturated heterocycles. The van der Waals surface area contributed by atoms with Gasteiger partial charge in [-0.3, -0.25) is 9.59 Å². The number of anilines is 2. The van der Waals surface area contributed by atoms with Crippen LogP contribution in [0.15, 0.2) is 35.1 Å². The summed E-state index contributed by atoms with van der Waals surface area (Å²) < 4.78 is 1.31. The summed E-state index contributed by atoms with van der Waals surface area (Å²) in [5, 5.41) is 8.08. The summed E-state index contributed by atoms with van der Waals surface area (Å²) in [6, 6.07) is 9.13. The molecule has 1 aliphatic rings. The monoisotopic (exact) mass is 397 g/mol. The predicted octanol–water partition coefficient (Wildman–Crippen LogP) is 3.19. The number of nitrogens with zero attached hydrogens (tertiary/aromatic N) is 4. The molecule has 1 N–H and O–H groups in total. The van der Waals surface area contributed by atoms with Crippen molar-refractivity contribution in [1.29, 1.82) is 0 Å². The summed E-state index contributed by atoms with van der Waals surface area (Å²) >= 11 is 1.34. The van der Waals surface area contributed by atoms with Gasteiger partial charge in [0, 0.05) is 24.0 Å². The summed E-state index contributed by atoms with van der Waals surface area (Å²) in [4.78, 5) is 31.9. The molecule has 0 bridgehead atoms. The maximum absolute atomic E-state index is 12.9. The second-order valence-electron chi connectivity index (χ2n) is 7.43. The van der Waals surface area contributed by atoms with Crippen LogP contribution < -0.4 is 15.8 Å². The maximum Gasteiger partial charge on any atom is 0.275 e. The van der Waals surface area contributed by atoms with E-state index >= 15 is 0 Å². The van der Waals surface area contributed by atoms with Crippen molar-refractivity contribution in [2.75, 3.05) is 16.8 Å². The van der Waals surface area contributed by atoms with Crippen LogP contribution in [0.25, 0.3) is 4.96 Å². The van der Waals surface area contributed by atoms with Crippen LogP contribution in [0.5, 0.6) is 0 Å². The summed E-state index contributed by atoms with van der Waals surface area (Å²) in [7, 11) is 0. The molecule has 2 aromatic heterocycles. The van der Waals surface area contributed by atoms with E-state index < -0.39 is 0 Å². The highest BCUT2D eigenvalue weighted by Crippen LogP contribution is 2.30. The molecule has 3 aromatic rings. The molecule has 0 radical (unpaired) electrons. The third-order valence-corrected chi connectivity index (χ3v) is 5.95. The first-order valence-corrected chi connectivity index (χ1v) is 10.3. The molecule has 146 valence electrons. The normalized spacial score (nSPS) is 16.9. The molecule has 1 atom stereocenters. The van der Waals surface area contributed by atoms with Crippen molar-refractivity contribution in [3.8, 4) is 0 Å². The fourth-order valence-electron chi connectivity index (χ4n) is 3.47. The van der Waals surface area contributed by atoms with Crippen molar-refractivity contribution in [3.63, 3.8) is 0 Å². The number of amides is 1. The van der Waals surface area contributed by atoms with Crippen LogP contribution in [-0.2, 0) is 4.79 Å². The fraction of sp³-hybridized carbons (Fsp3) is 0.400. The molecule has 0 spiro atoms. The topological polar surface area (TPSA) is 79.6 Å². The van der Waals surface area contributed by atoms with Gasteiger partial charge in [-0.2, -0.15) is 4.52 Å². The molecule has 7 nitrogen and oxygen atoms in total. The zero-order chi connectivity index (χ0) is 19.8. The van der Waals surface area contributed by atoms with E-state index in [1.165, 1.54) is 27.5 Å². The molecule has 28 heavy (non-hydrogen) atoms. The van der Waals surface area contributed by atoms with Gasteiger partial charge in [-0.1, -0.05) is 37.3 Å². The van der Waals surface area contributed by atoms with Crippen molar-refractivity contribution >= 4 is 33.0 Å². The third kappa shape index (κ3) is 3.52. The van der Waals surface area contributed by atoms with E-state index in [0.29, 0.717) is 21.7 Å². The minimum Gasteiger partial charge on any atom is -0.335 e. The summed E-state index contributed by atoms with van der Waals surface area (Å²) in [6.07, 6.45) is 1.66. The largest absolute Gasteiger partial charge is 0.335 e. The number of hydrogen-bond acceptors (Lipinski definition) is 6. The number of carbonyl (C=O) groups excluding carboxylic acids is 1. The molecule has 1 aromatic carbocycles. The first-order valence-electron chi connectivity index (χ1n) is 9.47. The first-order chi connectivity index (χ1) is 13.4. The van der Waals surface area contributed by atoms with Gasteiger partial charge < -0.3 is 10.2 Å². The van der Waals surface area contributed by atoms with Gasteiger partial charge >= 0.3 is 0 Å². The lowest BCUT2D eigenvalue weighted by atomic mass is 10.0. The molecule has 1 aliphatic heterocycles. The van der Waals surface area contributed by atoms with E-state index in [2.05, 4.69) is 29.2 Å². The van der Waals surface area contributed by atoms with Gasteiger partial charge in [-0.25, -0.2) is 4.98 Å². The number of fused-ring (bicyclic) bond motifs is 1. The van der Waals surface area contributed by atoms with Crippen LogP contribution in [-0.4, -0.2) is 33.1 Å². The van der Waals surface area contributed by atoms with Gasteiger partial charge in [-0.15, -0.1) is 5.10 Å². The minimum absolute atomic E-state index is 0.0504. The molecule has 1 fully saturated rings. The molecular weight excluding hydrogens is 374 g/mol. The molecule has 3 heterocycles. The van der Waals surface area contributed by atoms with Crippen LogP contribution in [0.1, 0.15) is 43.9 Å². The second kappa shape index (κ2) is 7.35. The predicted molar refractivity (Wildman–Crippen MR) is 111 cm³/mol. The van der Waals surface area contributed by atoms with Gasteiger partial charge in [0.1, 0.15) is 6.04 Å². The number of aryl methyl sites for hydroxylation is 1. The first kappa shape index (κ1) is 18.6. The van der Waals surface area contributed by atoms with Crippen molar-refractivity contribution < 1.29 is 4.79 Å². The number of carbonyl (C=O) groups is 1. The van der Waals surface area contributed by atoms with Gasteiger partial charge in [0.05, 0.1) is 0 Å². The van der Waals surface area contributed by atoms with Crippen LogP contribution in [0.2, 0.25) is 0 Å². The second-order valence-corrected chi connectivity index (χ2v) is 8.37. The molecule has 0 saturated carbocycles. The molecule has 1 amide bonds. The Balaban J connectivity index is 1.55. The lowest BCUT2D eigenvalue weighted by Crippen LogP contribution is -2.39. The number of aromatic nitrogens is 3. The zero-order valence-corrected chi connectivity index (χ0v) is 17.0. The standard InChI is InChI=1S/C20H23N5O2S/c1-12(2)14-6-8-15(9-7-14)22-18(27)16-5-4-10-24(16)20-23-25-17(26)11-13(3)21-19(25)28-20/h6-9,11-12,16H,4-5,10H2,1-3H3,(H,22,27)/t16-/m0/s1. The van der Waals surface area contributed by atoms with Crippen LogP contribution in [0.3, 0.4) is 0 Å². The van der Waals surface area contributed by atoms with Gasteiger partial charge in [0.25, 0.3) is 5.56 Å². The van der Waals surface area contributed by atoms with E-state index in [1.807, 2.05) is 29.2 Å². The van der Waals surface area contributed by atoms with Gasteiger partial charge in [0.2, 0.25) is 16.0 Å². The van der Waals surface area contributed by atoms with Crippen molar-refractivity contribution in [2.45, 2.75) is 45.6 Å². The number of nitrogens with one attached hydrogen (secondary N) is 1. The highest BCUT2D eigenvalue weighted by atomic mass is 32.1. The van der Waals surface area contributed by atoms with Gasteiger partial charge in [0.15, 0.2) is 0 Å². The maximum atomic E-state index is 12.9. The van der Waals surface area contributed by atoms with E-state index in [-0.39, 0.29) is 17.5 Å². The molecular formula is C20H23N5O2S. The fourth-order valence-corrected chi connectivity index (χ4v) is 4.50. The Kier molecular flexibility index (Phi) is 4.89. The average molecular weight is 398 g/mol. The van der Waals surface area contributed by atoms with Crippen LogP contribution >= 0.6 is 11.3 Å². The Bertz CT molecular complexity index is 1070. The summed E-state index contributed by atoms with van der Waals surface area (Å²) in [5.41, 5.74) is 2.50. The Labute approximate surface area is 167 Å². The van der Waals surface area contributed by atoms with Crippen LogP contribution in [0.4, 0.5) is 10.8 Å². The molecule has 0 unspecified atom stereocenters.